The number of nitrogens with one attached hydrogen (secondary N) is 2. The lowest BCUT2D eigenvalue weighted by Crippen LogP contribution is -2.39. The molecule has 6 nitrogen and oxygen atoms in total. The molecule has 0 radical (unpaired) electrons. The van der Waals surface area contributed by atoms with Gasteiger partial charge in [0.1, 0.15) is 12.7 Å². The van der Waals surface area contributed by atoms with Crippen LogP contribution in [0.5, 0.6) is 0 Å². The van der Waals surface area contributed by atoms with Crippen LogP contribution in [0.15, 0.2) is 36.9 Å². The van der Waals surface area contributed by atoms with E-state index < -0.39 is 0 Å². The molecule has 1 atom stereocenters. The smallest absolute Gasteiger partial charge is 0.314 e. The largest absolute Gasteiger partial charge is 0.338 e. The molecule has 0 saturated heterocycles. The van der Waals surface area contributed by atoms with Crippen LogP contribution in [0.4, 0.5) is 4.79 Å². The lowest BCUT2D eigenvalue weighted by atomic mass is 9.83. The molecule has 0 unspecified atom stereocenters. The minimum Gasteiger partial charge on any atom is -0.338 e. The molecule has 1 aromatic heterocycles. The number of aromatic nitrogens is 3. The number of urea groups is 1. The summed E-state index contributed by atoms with van der Waals surface area (Å²) in [7, 11) is 0. The number of hydrogen-bond donors (Lipinski definition) is 2. The van der Waals surface area contributed by atoms with Gasteiger partial charge < -0.3 is 10.6 Å². The summed E-state index contributed by atoms with van der Waals surface area (Å²) in [5, 5.41) is 9.93. The highest BCUT2D eigenvalue weighted by molar-refractivity contribution is 5.73. The van der Waals surface area contributed by atoms with Crippen molar-refractivity contribution in [2.75, 3.05) is 13.1 Å². The molecule has 2 N–H and O–H groups in total. The number of amides is 2. The van der Waals surface area contributed by atoms with Crippen molar-refractivity contribution in [2.24, 2.45) is 0 Å². The fraction of sp³-hybridized carbons (Fsp3) is 0.471. The molecule has 0 saturated carbocycles. The van der Waals surface area contributed by atoms with Gasteiger partial charge in [-0.2, -0.15) is 5.10 Å². The van der Waals surface area contributed by atoms with Gasteiger partial charge in [-0.1, -0.05) is 24.3 Å². The highest BCUT2D eigenvalue weighted by Gasteiger charge is 2.19. The van der Waals surface area contributed by atoms with Crippen molar-refractivity contribution >= 4 is 6.03 Å². The molecule has 23 heavy (non-hydrogen) atoms. The number of nitrogens with zero attached hydrogens (tertiary/aromatic N) is 3. The number of fused-ring (bicyclic) bond motifs is 1. The summed E-state index contributed by atoms with van der Waals surface area (Å²) in [6.07, 6.45) is 7.53. The van der Waals surface area contributed by atoms with Gasteiger partial charge in [0.2, 0.25) is 0 Å². The summed E-state index contributed by atoms with van der Waals surface area (Å²) in [4.78, 5) is 15.8. The maximum absolute atomic E-state index is 11.9. The summed E-state index contributed by atoms with van der Waals surface area (Å²) in [5.41, 5.74) is 2.82. The van der Waals surface area contributed by atoms with Crippen LogP contribution in [0.1, 0.15) is 36.3 Å². The highest BCUT2D eigenvalue weighted by atomic mass is 16.2. The molecule has 1 heterocycles. The van der Waals surface area contributed by atoms with E-state index in [1.165, 1.54) is 23.9 Å². The van der Waals surface area contributed by atoms with Crippen LogP contribution in [0.3, 0.4) is 0 Å². The van der Waals surface area contributed by atoms with E-state index in [0.717, 1.165) is 25.8 Å². The zero-order valence-corrected chi connectivity index (χ0v) is 13.2. The van der Waals surface area contributed by atoms with Gasteiger partial charge in [-0.3, -0.25) is 4.68 Å². The van der Waals surface area contributed by atoms with Crippen molar-refractivity contribution in [3.05, 3.63) is 48.0 Å². The fourth-order valence-electron chi connectivity index (χ4n) is 3.14. The third-order valence-corrected chi connectivity index (χ3v) is 4.32. The standard InChI is InChI=1S/C17H23N5O/c23-17(19-9-4-10-22-13-18-12-21-22)20-11-15-7-3-6-14-5-1-2-8-16(14)15/h1-2,5,8,12-13,15H,3-4,6-7,9-11H2,(H2,19,20,23)/t15-/m1/s1. The zero-order valence-electron chi connectivity index (χ0n) is 13.2. The lowest BCUT2D eigenvalue weighted by molar-refractivity contribution is 0.239. The van der Waals surface area contributed by atoms with E-state index in [1.54, 1.807) is 11.0 Å². The maximum Gasteiger partial charge on any atom is 0.314 e. The molecular weight excluding hydrogens is 290 g/mol. The number of hydrogen-bond acceptors (Lipinski definition) is 3. The van der Waals surface area contributed by atoms with Gasteiger partial charge >= 0.3 is 6.03 Å². The van der Waals surface area contributed by atoms with Crippen molar-refractivity contribution < 1.29 is 4.79 Å². The topological polar surface area (TPSA) is 71.8 Å². The molecule has 1 aliphatic rings. The predicted molar refractivity (Wildman–Crippen MR) is 88.2 cm³/mol. The second kappa shape index (κ2) is 7.76. The Morgan fingerprint density at radius 2 is 2.22 bits per heavy atom. The molecule has 0 fully saturated rings. The molecule has 1 aromatic carbocycles. The maximum atomic E-state index is 11.9. The Bertz CT molecular complexity index is 626. The Labute approximate surface area is 136 Å². The zero-order chi connectivity index (χ0) is 15.9. The molecule has 3 rings (SSSR count). The van der Waals surface area contributed by atoms with Crippen molar-refractivity contribution in [1.29, 1.82) is 0 Å². The van der Waals surface area contributed by atoms with E-state index >= 15 is 0 Å². The fourth-order valence-corrected chi connectivity index (χ4v) is 3.14. The first kappa shape index (κ1) is 15.5. The van der Waals surface area contributed by atoms with Crippen LogP contribution in [-0.2, 0) is 13.0 Å². The lowest BCUT2D eigenvalue weighted by Gasteiger charge is -2.25. The Hall–Kier alpha value is -2.37. The number of benzene rings is 1. The van der Waals surface area contributed by atoms with Gasteiger partial charge in [-0.05, 0) is 36.8 Å². The second-order valence-electron chi connectivity index (χ2n) is 5.94. The third-order valence-electron chi connectivity index (χ3n) is 4.32. The minimum absolute atomic E-state index is 0.0911. The molecule has 1 aliphatic carbocycles. The number of carbonyl (C=O) groups is 1. The van der Waals surface area contributed by atoms with E-state index in [9.17, 15) is 4.79 Å². The van der Waals surface area contributed by atoms with Gasteiger partial charge in [0.15, 0.2) is 0 Å². The van der Waals surface area contributed by atoms with Crippen molar-refractivity contribution in [1.82, 2.24) is 25.4 Å². The van der Waals surface area contributed by atoms with Crippen LogP contribution >= 0.6 is 0 Å². The first-order valence-electron chi connectivity index (χ1n) is 8.25. The van der Waals surface area contributed by atoms with E-state index in [1.807, 2.05) is 0 Å². The number of rotatable bonds is 6. The van der Waals surface area contributed by atoms with Crippen LogP contribution in [0, 0.1) is 0 Å². The van der Waals surface area contributed by atoms with Crippen LogP contribution in [0.2, 0.25) is 0 Å². The molecule has 0 spiro atoms. The second-order valence-corrected chi connectivity index (χ2v) is 5.94. The molecular formula is C17H23N5O. The summed E-state index contributed by atoms with van der Waals surface area (Å²) in [6, 6.07) is 8.48. The van der Waals surface area contributed by atoms with E-state index in [4.69, 9.17) is 0 Å². The summed E-state index contributed by atoms with van der Waals surface area (Å²) in [6.45, 7) is 2.09. The van der Waals surface area contributed by atoms with Crippen LogP contribution < -0.4 is 10.6 Å². The molecule has 6 heteroatoms. The molecule has 2 aromatic rings. The van der Waals surface area contributed by atoms with Gasteiger partial charge in [0.25, 0.3) is 0 Å². The van der Waals surface area contributed by atoms with E-state index in [-0.39, 0.29) is 6.03 Å². The molecule has 0 aliphatic heterocycles. The molecule has 122 valence electrons. The quantitative estimate of drug-likeness (QED) is 0.802. The summed E-state index contributed by atoms with van der Waals surface area (Å²) >= 11 is 0. The van der Waals surface area contributed by atoms with Gasteiger partial charge in [-0.15, -0.1) is 0 Å². The summed E-state index contributed by atoms with van der Waals surface area (Å²) < 4.78 is 1.76. The first-order chi connectivity index (χ1) is 11.3. The van der Waals surface area contributed by atoms with Gasteiger partial charge in [-0.25, -0.2) is 9.78 Å². The Morgan fingerprint density at radius 1 is 1.30 bits per heavy atom. The predicted octanol–water partition coefficient (Wildman–Crippen LogP) is 2.09. The third kappa shape index (κ3) is 4.31. The van der Waals surface area contributed by atoms with Gasteiger partial charge in [0.05, 0.1) is 0 Å². The normalized spacial score (nSPS) is 16.6. The summed E-state index contributed by atoms with van der Waals surface area (Å²) in [5.74, 6) is 0.431. The SMILES string of the molecule is O=C(NCCCn1cncn1)NC[C@H]1CCCc2ccccc21. The molecule has 2 amide bonds. The monoisotopic (exact) mass is 313 g/mol. The van der Waals surface area contributed by atoms with E-state index in [2.05, 4.69) is 45.0 Å². The molecule has 0 bridgehead atoms. The van der Waals surface area contributed by atoms with Crippen molar-refractivity contribution in [3.8, 4) is 0 Å². The van der Waals surface area contributed by atoms with E-state index in [0.29, 0.717) is 19.0 Å². The van der Waals surface area contributed by atoms with Crippen LogP contribution in [0.25, 0.3) is 0 Å². The number of aryl methyl sites for hydroxylation is 2. The average Bonchev–Trinajstić information content (AvgIpc) is 3.10. The Morgan fingerprint density at radius 3 is 3.09 bits per heavy atom. The van der Waals surface area contributed by atoms with Crippen molar-refractivity contribution in [3.63, 3.8) is 0 Å². The first-order valence-corrected chi connectivity index (χ1v) is 8.25. The van der Waals surface area contributed by atoms with Crippen LogP contribution in [-0.4, -0.2) is 33.9 Å². The number of carbonyl (C=O) groups excluding carboxylic acids is 1. The Balaban J connectivity index is 1.38. The highest BCUT2D eigenvalue weighted by Crippen LogP contribution is 2.30. The Kier molecular flexibility index (Phi) is 5.24. The average molecular weight is 313 g/mol. The van der Waals surface area contributed by atoms with Gasteiger partial charge in [0, 0.05) is 25.6 Å². The minimum atomic E-state index is -0.0911. The van der Waals surface area contributed by atoms with Crippen molar-refractivity contribution in [2.45, 2.75) is 38.1 Å².